The smallest absolute Gasteiger partial charge is 0.0606 e. The second-order valence-corrected chi connectivity index (χ2v) is 4.53. The highest BCUT2D eigenvalue weighted by Crippen LogP contribution is 2.29. The van der Waals surface area contributed by atoms with Crippen LogP contribution >= 0.6 is 0 Å². The van der Waals surface area contributed by atoms with Crippen LogP contribution in [0.25, 0.3) is 0 Å². The van der Waals surface area contributed by atoms with E-state index in [4.69, 9.17) is 10.8 Å². The molecule has 0 fully saturated rings. The van der Waals surface area contributed by atoms with Gasteiger partial charge in [0.25, 0.3) is 0 Å². The number of nitrogens with two attached hydrogens (primary N) is 1. The Balaban J connectivity index is 3.01. The van der Waals surface area contributed by atoms with Crippen LogP contribution in [0.1, 0.15) is 27.2 Å². The van der Waals surface area contributed by atoms with Crippen molar-refractivity contribution in [3.63, 3.8) is 0 Å². The Morgan fingerprint density at radius 2 is 2.11 bits per heavy atom. The summed E-state index contributed by atoms with van der Waals surface area (Å²) in [6.45, 7) is 8.03. The van der Waals surface area contributed by atoms with E-state index < -0.39 is 0 Å². The molecule has 0 radical (unpaired) electrons. The number of aliphatic hydroxyl groups is 1. The van der Waals surface area contributed by atoms with E-state index in [9.17, 15) is 0 Å². The first kappa shape index (κ1) is 14.6. The quantitative estimate of drug-likeness (QED) is 0.651. The van der Waals surface area contributed by atoms with Crippen LogP contribution in [0.2, 0.25) is 0 Å². The molecule has 0 amide bonds. The van der Waals surface area contributed by atoms with E-state index in [1.807, 2.05) is 18.2 Å². The first-order valence-corrected chi connectivity index (χ1v) is 6.64. The van der Waals surface area contributed by atoms with Crippen molar-refractivity contribution in [3.05, 3.63) is 18.2 Å². The third-order valence-electron chi connectivity index (χ3n) is 3.13. The molecule has 0 saturated heterocycles. The number of benzene rings is 1. The van der Waals surface area contributed by atoms with Gasteiger partial charge < -0.3 is 21.1 Å². The van der Waals surface area contributed by atoms with E-state index >= 15 is 0 Å². The minimum Gasteiger partial charge on any atom is -0.399 e. The van der Waals surface area contributed by atoms with E-state index in [0.717, 1.165) is 30.0 Å². The third kappa shape index (κ3) is 3.81. The first-order chi connectivity index (χ1) is 8.62. The molecule has 4 N–H and O–H groups in total. The van der Waals surface area contributed by atoms with Crippen LogP contribution in [0.4, 0.5) is 17.1 Å². The maximum Gasteiger partial charge on any atom is 0.0606 e. The fourth-order valence-electron chi connectivity index (χ4n) is 1.88. The van der Waals surface area contributed by atoms with E-state index in [2.05, 4.69) is 31.0 Å². The van der Waals surface area contributed by atoms with Gasteiger partial charge in [-0.25, -0.2) is 0 Å². The average Bonchev–Trinajstić information content (AvgIpc) is 2.36. The van der Waals surface area contributed by atoms with E-state index in [1.54, 1.807) is 0 Å². The van der Waals surface area contributed by atoms with Gasteiger partial charge in [-0.05, 0) is 38.5 Å². The first-order valence-electron chi connectivity index (χ1n) is 6.64. The zero-order valence-electron chi connectivity index (χ0n) is 11.6. The number of rotatable bonds is 7. The molecule has 0 aromatic heterocycles. The Labute approximate surface area is 110 Å². The van der Waals surface area contributed by atoms with Crippen LogP contribution < -0.4 is 16.0 Å². The molecule has 1 aromatic carbocycles. The molecule has 1 unspecified atom stereocenters. The lowest BCUT2D eigenvalue weighted by atomic mass is 10.2. The summed E-state index contributed by atoms with van der Waals surface area (Å²) in [5.41, 5.74) is 8.75. The van der Waals surface area contributed by atoms with Gasteiger partial charge >= 0.3 is 0 Å². The molecule has 102 valence electrons. The summed E-state index contributed by atoms with van der Waals surface area (Å²) >= 11 is 0. The van der Waals surface area contributed by atoms with Crippen LogP contribution in [0.3, 0.4) is 0 Å². The summed E-state index contributed by atoms with van der Waals surface area (Å²) in [5, 5.41) is 12.6. The van der Waals surface area contributed by atoms with Crippen molar-refractivity contribution in [2.24, 2.45) is 0 Å². The van der Waals surface area contributed by atoms with Crippen molar-refractivity contribution in [1.82, 2.24) is 0 Å². The summed E-state index contributed by atoms with van der Waals surface area (Å²) < 4.78 is 0. The van der Waals surface area contributed by atoms with Crippen LogP contribution in [0.5, 0.6) is 0 Å². The third-order valence-corrected chi connectivity index (χ3v) is 3.13. The van der Waals surface area contributed by atoms with Crippen molar-refractivity contribution in [2.75, 3.05) is 35.6 Å². The molecule has 1 atom stereocenters. The Kier molecular flexibility index (Phi) is 5.78. The highest BCUT2D eigenvalue weighted by molar-refractivity contribution is 5.74. The molecule has 1 aromatic rings. The number of nitrogen functional groups attached to an aromatic ring is 1. The zero-order valence-corrected chi connectivity index (χ0v) is 11.6. The van der Waals surface area contributed by atoms with Gasteiger partial charge in [0.1, 0.15) is 0 Å². The van der Waals surface area contributed by atoms with Crippen molar-refractivity contribution in [3.8, 4) is 0 Å². The summed E-state index contributed by atoms with van der Waals surface area (Å²) in [7, 11) is 0. The molecule has 0 saturated carbocycles. The van der Waals surface area contributed by atoms with Gasteiger partial charge in [-0.3, -0.25) is 0 Å². The van der Waals surface area contributed by atoms with E-state index in [0.29, 0.717) is 12.6 Å². The summed E-state index contributed by atoms with van der Waals surface area (Å²) in [4.78, 5) is 2.14. The van der Waals surface area contributed by atoms with Crippen LogP contribution in [0, 0.1) is 0 Å². The number of nitrogens with zero attached hydrogens (tertiary/aromatic N) is 1. The van der Waals surface area contributed by atoms with Crippen molar-refractivity contribution >= 4 is 17.1 Å². The Morgan fingerprint density at radius 3 is 2.67 bits per heavy atom. The number of anilines is 3. The van der Waals surface area contributed by atoms with Gasteiger partial charge in [0.05, 0.1) is 18.0 Å². The highest BCUT2D eigenvalue weighted by Gasteiger charge is 2.11. The summed E-state index contributed by atoms with van der Waals surface area (Å²) in [6, 6.07) is 6.27. The molecular weight excluding hydrogens is 226 g/mol. The molecule has 4 nitrogen and oxygen atoms in total. The molecule has 0 aliphatic rings. The second kappa shape index (κ2) is 7.11. The van der Waals surface area contributed by atoms with Crippen LogP contribution in [0.15, 0.2) is 18.2 Å². The molecule has 18 heavy (non-hydrogen) atoms. The lowest BCUT2D eigenvalue weighted by molar-refractivity contribution is 0.302. The fourth-order valence-corrected chi connectivity index (χ4v) is 1.88. The standard InChI is InChI=1S/C14H25N3O/c1-4-11(3)16-13-10-12(15)6-7-14(13)17(5-2)8-9-18/h6-7,10-11,16,18H,4-5,8-9,15H2,1-3H3. The number of nitrogens with one attached hydrogen (secondary N) is 1. The topological polar surface area (TPSA) is 61.5 Å². The van der Waals surface area contributed by atoms with Crippen LogP contribution in [-0.4, -0.2) is 30.8 Å². The van der Waals surface area contributed by atoms with E-state index in [-0.39, 0.29) is 6.61 Å². The predicted octanol–water partition coefficient (Wildman–Crippen LogP) is 2.30. The molecule has 0 spiro atoms. The fraction of sp³-hybridized carbons (Fsp3) is 0.571. The molecule has 0 heterocycles. The zero-order chi connectivity index (χ0) is 13.5. The second-order valence-electron chi connectivity index (χ2n) is 4.53. The summed E-state index contributed by atoms with van der Waals surface area (Å²) in [6.07, 6.45) is 1.06. The number of hydrogen-bond donors (Lipinski definition) is 3. The molecule has 1 rings (SSSR count). The van der Waals surface area contributed by atoms with Gasteiger partial charge in [-0.15, -0.1) is 0 Å². The molecule has 0 aliphatic heterocycles. The number of likely N-dealkylation sites (N-methyl/N-ethyl adjacent to an activating group) is 1. The van der Waals surface area contributed by atoms with Crippen molar-refractivity contribution in [2.45, 2.75) is 33.2 Å². The largest absolute Gasteiger partial charge is 0.399 e. The van der Waals surface area contributed by atoms with Gasteiger partial charge in [-0.2, -0.15) is 0 Å². The normalized spacial score (nSPS) is 12.2. The van der Waals surface area contributed by atoms with Crippen molar-refractivity contribution in [1.29, 1.82) is 0 Å². The molecule has 0 aliphatic carbocycles. The molecule has 4 heteroatoms. The maximum absolute atomic E-state index is 9.12. The van der Waals surface area contributed by atoms with Gasteiger partial charge in [-0.1, -0.05) is 6.92 Å². The highest BCUT2D eigenvalue weighted by atomic mass is 16.3. The maximum atomic E-state index is 9.12. The van der Waals surface area contributed by atoms with Gasteiger partial charge in [0.2, 0.25) is 0 Å². The average molecular weight is 251 g/mol. The number of aliphatic hydroxyl groups excluding tert-OH is 1. The summed E-state index contributed by atoms with van der Waals surface area (Å²) in [5.74, 6) is 0. The Hall–Kier alpha value is -1.42. The van der Waals surface area contributed by atoms with Crippen molar-refractivity contribution < 1.29 is 5.11 Å². The molecular formula is C14H25N3O. The Bertz CT molecular complexity index is 368. The SMILES string of the molecule is CCC(C)Nc1cc(N)ccc1N(CC)CCO. The Morgan fingerprint density at radius 1 is 1.39 bits per heavy atom. The monoisotopic (exact) mass is 251 g/mol. The van der Waals surface area contributed by atoms with E-state index in [1.165, 1.54) is 0 Å². The van der Waals surface area contributed by atoms with Gasteiger partial charge in [0, 0.05) is 24.8 Å². The minimum absolute atomic E-state index is 0.154. The minimum atomic E-state index is 0.154. The molecule has 0 bridgehead atoms. The van der Waals surface area contributed by atoms with Crippen LogP contribution in [-0.2, 0) is 0 Å². The number of hydrogen-bond acceptors (Lipinski definition) is 4. The lowest BCUT2D eigenvalue weighted by Crippen LogP contribution is -2.28. The lowest BCUT2D eigenvalue weighted by Gasteiger charge is -2.27. The van der Waals surface area contributed by atoms with Gasteiger partial charge in [0.15, 0.2) is 0 Å². The predicted molar refractivity (Wildman–Crippen MR) is 79.2 cm³/mol.